The van der Waals surface area contributed by atoms with Crippen molar-refractivity contribution in [3.8, 4) is 0 Å². The van der Waals surface area contributed by atoms with E-state index in [4.69, 9.17) is 0 Å². The Bertz CT molecular complexity index is 1110. The normalized spacial score (nSPS) is 15.4. The molecule has 0 aliphatic carbocycles. The molecule has 0 saturated carbocycles. The maximum atomic E-state index is 12.5. The predicted octanol–water partition coefficient (Wildman–Crippen LogP) is 0.243. The fourth-order valence-electron chi connectivity index (χ4n) is 4.34. The van der Waals surface area contributed by atoms with Crippen LogP contribution >= 0.6 is 0 Å². The lowest BCUT2D eigenvalue weighted by molar-refractivity contribution is -0.140. The maximum absolute atomic E-state index is 12.5. The molecule has 1 saturated heterocycles. The molecule has 1 heterocycles. The topological polar surface area (TPSA) is 171 Å². The van der Waals surface area contributed by atoms with Gasteiger partial charge in [-0.25, -0.2) is 0 Å². The number of likely N-dealkylation sites (tertiary alicyclic amines) is 1. The molecule has 1 aromatic rings. The summed E-state index contributed by atoms with van der Waals surface area (Å²) in [4.78, 5) is 86.0. The number of hydrogen-bond donors (Lipinski definition) is 4. The number of carbonyl (C=O) groups excluding carboxylic acids is 7. The zero-order valence-electron chi connectivity index (χ0n) is 24.0. The monoisotopic (exact) mass is 571 g/mol. The quantitative estimate of drug-likeness (QED) is 0.153. The van der Waals surface area contributed by atoms with Gasteiger partial charge in [-0.05, 0) is 31.2 Å². The Morgan fingerprint density at radius 1 is 0.854 bits per heavy atom. The van der Waals surface area contributed by atoms with E-state index < -0.39 is 30.3 Å². The summed E-state index contributed by atoms with van der Waals surface area (Å²) in [5.41, 5.74) is 0.806. The van der Waals surface area contributed by atoms with Crippen molar-refractivity contribution in [2.24, 2.45) is 11.8 Å². The van der Waals surface area contributed by atoms with Gasteiger partial charge in [0.25, 0.3) is 0 Å². The average molecular weight is 572 g/mol. The third-order valence-corrected chi connectivity index (χ3v) is 6.71. The van der Waals surface area contributed by atoms with Crippen molar-refractivity contribution >= 4 is 41.2 Å². The van der Waals surface area contributed by atoms with E-state index in [9.17, 15) is 33.6 Å². The van der Waals surface area contributed by atoms with Gasteiger partial charge in [0, 0.05) is 31.7 Å². The van der Waals surface area contributed by atoms with Crippen LogP contribution in [0.3, 0.4) is 0 Å². The average Bonchev–Trinajstić information content (AvgIpc) is 3.22. The van der Waals surface area contributed by atoms with Crippen molar-refractivity contribution in [1.82, 2.24) is 26.2 Å². The van der Waals surface area contributed by atoms with Crippen LogP contribution < -0.4 is 21.3 Å². The fourth-order valence-corrected chi connectivity index (χ4v) is 4.34. The number of imide groups is 1. The molecule has 12 nitrogen and oxygen atoms in total. The summed E-state index contributed by atoms with van der Waals surface area (Å²) in [5, 5.41) is 9.95. The molecule has 1 aliphatic rings. The van der Waals surface area contributed by atoms with Gasteiger partial charge in [-0.1, -0.05) is 50.6 Å². The zero-order chi connectivity index (χ0) is 30.4. The van der Waals surface area contributed by atoms with Crippen LogP contribution in [0.25, 0.3) is 0 Å². The summed E-state index contributed by atoms with van der Waals surface area (Å²) in [6.07, 6.45) is 2.42. The van der Waals surface area contributed by atoms with Gasteiger partial charge in [0.15, 0.2) is 0 Å². The molecule has 1 fully saturated rings. The highest BCUT2D eigenvalue weighted by Gasteiger charge is 2.39. The van der Waals surface area contributed by atoms with Gasteiger partial charge in [-0.2, -0.15) is 0 Å². The van der Waals surface area contributed by atoms with Crippen molar-refractivity contribution in [1.29, 1.82) is 0 Å². The lowest BCUT2D eigenvalue weighted by Gasteiger charge is -2.18. The first-order chi connectivity index (χ1) is 19.5. The van der Waals surface area contributed by atoms with E-state index >= 15 is 0 Å². The van der Waals surface area contributed by atoms with E-state index in [-0.39, 0.29) is 67.7 Å². The summed E-state index contributed by atoms with van der Waals surface area (Å²) in [7, 11) is 0. The Labute approximate surface area is 240 Å². The first-order valence-corrected chi connectivity index (χ1v) is 14.0. The van der Waals surface area contributed by atoms with Gasteiger partial charge in [-0.15, -0.1) is 0 Å². The maximum Gasteiger partial charge on any atom is 0.243 e. The van der Waals surface area contributed by atoms with Crippen molar-refractivity contribution in [3.05, 3.63) is 35.9 Å². The van der Waals surface area contributed by atoms with E-state index in [1.54, 1.807) is 24.3 Å². The molecule has 2 atom stereocenters. The molecule has 0 bridgehead atoms. The van der Waals surface area contributed by atoms with Crippen LogP contribution in [0.5, 0.6) is 0 Å². The van der Waals surface area contributed by atoms with Crippen molar-refractivity contribution in [2.75, 3.05) is 26.2 Å². The molecular weight excluding hydrogens is 530 g/mol. The first-order valence-electron chi connectivity index (χ1n) is 14.0. The molecule has 41 heavy (non-hydrogen) atoms. The Hall–Kier alpha value is -4.09. The third-order valence-electron chi connectivity index (χ3n) is 6.71. The molecule has 0 aromatic heterocycles. The van der Waals surface area contributed by atoms with Crippen LogP contribution in [0.4, 0.5) is 0 Å². The standard InChI is InChI=1S/C29H41N5O7/c1-19(2)22-15-27(39)34(29(22)41)13-9-5-8-12-24(36)30-17-25(37)31-18-26(38)33-23(28(40)32-16-20(3)35)14-21-10-6-4-7-11-21/h4,6-7,10-11,19,22-23H,5,8-9,12-18H2,1-3H3,(H,30,36)(H,31,37)(H,32,40)(H,33,38)/t22?,23-/m0/s1. The van der Waals surface area contributed by atoms with Crippen LogP contribution in [0.2, 0.25) is 0 Å². The second-order valence-electron chi connectivity index (χ2n) is 10.5. The molecule has 224 valence electrons. The highest BCUT2D eigenvalue weighted by molar-refractivity contribution is 6.03. The predicted molar refractivity (Wildman–Crippen MR) is 150 cm³/mol. The van der Waals surface area contributed by atoms with E-state index in [1.807, 2.05) is 19.9 Å². The summed E-state index contributed by atoms with van der Waals surface area (Å²) < 4.78 is 0. The number of benzene rings is 1. The number of rotatable bonds is 17. The van der Waals surface area contributed by atoms with Crippen LogP contribution in [0.15, 0.2) is 30.3 Å². The summed E-state index contributed by atoms with van der Waals surface area (Å²) in [5.74, 6) is -2.64. The Morgan fingerprint density at radius 2 is 1.51 bits per heavy atom. The van der Waals surface area contributed by atoms with Crippen LogP contribution in [-0.2, 0) is 40.0 Å². The number of nitrogens with one attached hydrogen (secondary N) is 4. The summed E-state index contributed by atoms with van der Waals surface area (Å²) in [6, 6.07) is 8.09. The Balaban J connectivity index is 1.65. The van der Waals surface area contributed by atoms with Gasteiger partial charge in [0.05, 0.1) is 19.6 Å². The first kappa shape index (κ1) is 33.1. The Kier molecular flexibility index (Phi) is 13.6. The largest absolute Gasteiger partial charge is 0.347 e. The molecule has 0 spiro atoms. The number of carbonyl (C=O) groups is 7. The number of nitrogens with zero attached hydrogens (tertiary/aromatic N) is 1. The molecule has 1 aromatic carbocycles. The minimum Gasteiger partial charge on any atom is -0.347 e. The van der Waals surface area contributed by atoms with Gasteiger partial charge in [0.2, 0.25) is 35.4 Å². The molecule has 6 amide bonds. The number of amides is 6. The molecule has 4 N–H and O–H groups in total. The minimum absolute atomic E-state index is 0.119. The van der Waals surface area contributed by atoms with Gasteiger partial charge >= 0.3 is 0 Å². The van der Waals surface area contributed by atoms with Crippen LogP contribution in [0.1, 0.15) is 58.4 Å². The number of Topliss-reactive ketones (excluding diaryl/α,β-unsaturated/α-hetero) is 1. The van der Waals surface area contributed by atoms with E-state index in [1.165, 1.54) is 11.8 Å². The van der Waals surface area contributed by atoms with Gasteiger partial charge in [-0.3, -0.25) is 38.5 Å². The molecule has 12 heteroatoms. The third kappa shape index (κ3) is 11.9. The highest BCUT2D eigenvalue weighted by atomic mass is 16.2. The smallest absolute Gasteiger partial charge is 0.243 e. The Morgan fingerprint density at radius 3 is 2.15 bits per heavy atom. The van der Waals surface area contributed by atoms with Crippen molar-refractivity contribution in [3.63, 3.8) is 0 Å². The summed E-state index contributed by atoms with van der Waals surface area (Å²) in [6.45, 7) is 4.66. The van der Waals surface area contributed by atoms with E-state index in [2.05, 4.69) is 21.3 Å². The van der Waals surface area contributed by atoms with Crippen molar-refractivity contribution < 1.29 is 33.6 Å². The molecule has 1 aliphatic heterocycles. The summed E-state index contributed by atoms with van der Waals surface area (Å²) >= 11 is 0. The number of hydrogen-bond acceptors (Lipinski definition) is 7. The molecule has 0 radical (unpaired) electrons. The fraction of sp³-hybridized carbons (Fsp3) is 0.552. The minimum atomic E-state index is -0.945. The number of ketones is 1. The molecular formula is C29H41N5O7. The highest BCUT2D eigenvalue weighted by Crippen LogP contribution is 2.26. The lowest BCUT2D eigenvalue weighted by atomic mass is 9.94. The SMILES string of the molecule is CC(=O)CNC(=O)[C@H](Cc1ccccc1)NC(=O)CNC(=O)CNC(=O)CCCCCN1C(=O)CC(C(C)C)C1=O. The van der Waals surface area contributed by atoms with Gasteiger partial charge in [0.1, 0.15) is 11.8 Å². The number of unbranched alkanes of at least 4 members (excludes halogenated alkanes) is 2. The second kappa shape index (κ2) is 16.9. The van der Waals surface area contributed by atoms with E-state index in [0.29, 0.717) is 25.8 Å². The van der Waals surface area contributed by atoms with E-state index in [0.717, 1.165) is 5.56 Å². The molecule has 1 unspecified atom stereocenters. The van der Waals surface area contributed by atoms with Crippen LogP contribution in [-0.4, -0.2) is 78.3 Å². The van der Waals surface area contributed by atoms with Crippen molar-refractivity contribution in [2.45, 2.75) is 65.3 Å². The lowest BCUT2D eigenvalue weighted by Crippen LogP contribution is -2.51. The second-order valence-corrected chi connectivity index (χ2v) is 10.5. The zero-order valence-corrected chi connectivity index (χ0v) is 24.0. The van der Waals surface area contributed by atoms with Crippen LogP contribution in [0, 0.1) is 11.8 Å². The van der Waals surface area contributed by atoms with Gasteiger partial charge < -0.3 is 21.3 Å². The molecule has 2 rings (SSSR count).